The fraction of sp³-hybridized carbons (Fsp3) is 0.450. The van der Waals surface area contributed by atoms with E-state index >= 15 is 0 Å². The molecule has 3 atom stereocenters. The van der Waals surface area contributed by atoms with Crippen LogP contribution in [0.2, 0.25) is 0 Å². The third-order valence-corrected chi connectivity index (χ3v) is 5.40. The molecule has 1 heterocycles. The molecule has 144 valence electrons. The Morgan fingerprint density at radius 3 is 2.59 bits per heavy atom. The Hall–Kier alpha value is -2.83. The Balaban J connectivity index is 1.77. The molecule has 7 heteroatoms. The number of aromatic amines is 1. The second-order valence-electron chi connectivity index (χ2n) is 7.07. The SMILES string of the molecule is CNC(=O)[C@H](Cc1c[nH]c2ccccc12)NC(=O)[C@@H]1CCCC[C@H]1C(=O)O. The fourth-order valence-electron chi connectivity index (χ4n) is 3.92. The molecule has 27 heavy (non-hydrogen) atoms. The van der Waals surface area contributed by atoms with E-state index in [2.05, 4.69) is 15.6 Å². The van der Waals surface area contributed by atoms with E-state index in [4.69, 9.17) is 0 Å². The van der Waals surface area contributed by atoms with Crippen LogP contribution < -0.4 is 10.6 Å². The summed E-state index contributed by atoms with van der Waals surface area (Å²) in [6.07, 6.45) is 4.86. The third-order valence-electron chi connectivity index (χ3n) is 5.40. The smallest absolute Gasteiger partial charge is 0.307 e. The van der Waals surface area contributed by atoms with Crippen molar-refractivity contribution in [2.75, 3.05) is 7.05 Å². The van der Waals surface area contributed by atoms with Crippen LogP contribution in [0.1, 0.15) is 31.2 Å². The molecule has 2 amide bonds. The van der Waals surface area contributed by atoms with E-state index in [1.807, 2.05) is 30.5 Å². The maximum Gasteiger partial charge on any atom is 0.307 e. The maximum absolute atomic E-state index is 12.8. The number of amides is 2. The molecule has 7 nitrogen and oxygen atoms in total. The summed E-state index contributed by atoms with van der Waals surface area (Å²) in [5.41, 5.74) is 1.89. The molecule has 1 aliphatic rings. The number of rotatable bonds is 6. The van der Waals surface area contributed by atoms with Gasteiger partial charge in [-0.05, 0) is 24.5 Å². The number of hydrogen-bond acceptors (Lipinski definition) is 3. The Morgan fingerprint density at radius 2 is 1.89 bits per heavy atom. The lowest BCUT2D eigenvalue weighted by Gasteiger charge is -2.29. The van der Waals surface area contributed by atoms with E-state index in [1.54, 1.807) is 0 Å². The van der Waals surface area contributed by atoms with Crippen LogP contribution >= 0.6 is 0 Å². The maximum atomic E-state index is 12.8. The fourth-order valence-corrected chi connectivity index (χ4v) is 3.92. The Bertz CT molecular complexity index is 845. The first-order chi connectivity index (χ1) is 13.0. The molecule has 0 radical (unpaired) electrons. The number of H-pyrrole nitrogens is 1. The first-order valence-corrected chi connectivity index (χ1v) is 9.31. The summed E-state index contributed by atoms with van der Waals surface area (Å²) in [4.78, 5) is 39.8. The average molecular weight is 371 g/mol. The molecule has 0 saturated heterocycles. The van der Waals surface area contributed by atoms with Crippen LogP contribution in [0.5, 0.6) is 0 Å². The second kappa shape index (κ2) is 8.24. The van der Waals surface area contributed by atoms with Crippen molar-refractivity contribution in [3.05, 3.63) is 36.0 Å². The van der Waals surface area contributed by atoms with Crippen molar-refractivity contribution in [2.24, 2.45) is 11.8 Å². The van der Waals surface area contributed by atoms with Crippen molar-refractivity contribution in [3.8, 4) is 0 Å². The van der Waals surface area contributed by atoms with Gasteiger partial charge in [-0.1, -0.05) is 31.0 Å². The first-order valence-electron chi connectivity index (χ1n) is 9.31. The number of benzene rings is 1. The van der Waals surface area contributed by atoms with Crippen LogP contribution in [0, 0.1) is 11.8 Å². The molecule has 1 aromatic heterocycles. The predicted octanol–water partition coefficient (Wildman–Crippen LogP) is 1.83. The van der Waals surface area contributed by atoms with Gasteiger partial charge in [-0.3, -0.25) is 14.4 Å². The van der Waals surface area contributed by atoms with Crippen LogP contribution in [0.3, 0.4) is 0 Å². The minimum Gasteiger partial charge on any atom is -0.481 e. The van der Waals surface area contributed by atoms with Crippen LogP contribution in [0.4, 0.5) is 0 Å². The van der Waals surface area contributed by atoms with Gasteiger partial charge in [0, 0.05) is 30.6 Å². The highest BCUT2D eigenvalue weighted by Crippen LogP contribution is 2.30. The van der Waals surface area contributed by atoms with Gasteiger partial charge in [0.1, 0.15) is 6.04 Å². The minimum absolute atomic E-state index is 0.295. The van der Waals surface area contributed by atoms with Crippen molar-refractivity contribution in [1.82, 2.24) is 15.6 Å². The summed E-state index contributed by atoms with van der Waals surface area (Å²) in [6, 6.07) is 7.01. The van der Waals surface area contributed by atoms with E-state index in [-0.39, 0.29) is 11.8 Å². The Kier molecular flexibility index (Phi) is 5.78. The number of carbonyl (C=O) groups excluding carboxylic acids is 2. The van der Waals surface area contributed by atoms with Crippen LogP contribution in [-0.4, -0.2) is 41.0 Å². The highest BCUT2D eigenvalue weighted by molar-refractivity contribution is 5.91. The quantitative estimate of drug-likeness (QED) is 0.621. The number of nitrogens with one attached hydrogen (secondary N) is 3. The largest absolute Gasteiger partial charge is 0.481 e. The number of carboxylic acids is 1. The number of carboxylic acid groups (broad SMARTS) is 1. The molecule has 0 spiro atoms. The summed E-state index contributed by atoms with van der Waals surface area (Å²) >= 11 is 0. The first kappa shape index (κ1) is 18.9. The molecule has 1 aromatic carbocycles. The van der Waals surface area contributed by atoms with Crippen LogP contribution in [0.25, 0.3) is 10.9 Å². The number of aliphatic carboxylic acids is 1. The van der Waals surface area contributed by atoms with E-state index in [9.17, 15) is 19.5 Å². The summed E-state index contributed by atoms with van der Waals surface area (Å²) in [5, 5.41) is 15.8. The van der Waals surface area contributed by atoms with Gasteiger partial charge in [0.25, 0.3) is 0 Å². The summed E-state index contributed by atoms with van der Waals surface area (Å²) < 4.78 is 0. The zero-order valence-electron chi connectivity index (χ0n) is 15.3. The van der Waals surface area contributed by atoms with Crippen LogP contribution in [-0.2, 0) is 20.8 Å². The Labute approximate surface area is 157 Å². The summed E-state index contributed by atoms with van der Waals surface area (Å²) in [7, 11) is 1.53. The summed E-state index contributed by atoms with van der Waals surface area (Å²) in [5.74, 6) is -2.86. The summed E-state index contributed by atoms with van der Waals surface area (Å²) in [6.45, 7) is 0. The van der Waals surface area contributed by atoms with Gasteiger partial charge >= 0.3 is 5.97 Å². The number of para-hydroxylation sites is 1. The van der Waals surface area contributed by atoms with Crippen molar-refractivity contribution in [1.29, 1.82) is 0 Å². The molecule has 0 bridgehead atoms. The second-order valence-corrected chi connectivity index (χ2v) is 7.07. The molecular formula is C20H25N3O4. The van der Waals surface area contributed by atoms with Gasteiger partial charge in [-0.2, -0.15) is 0 Å². The van der Waals surface area contributed by atoms with Gasteiger partial charge < -0.3 is 20.7 Å². The lowest BCUT2D eigenvalue weighted by atomic mass is 9.78. The van der Waals surface area contributed by atoms with E-state index in [1.165, 1.54) is 7.05 Å². The standard InChI is InChI=1S/C20H25N3O4/c1-21-19(25)17(10-12-11-22-16-9-5-4-6-13(12)16)23-18(24)14-7-2-3-8-15(14)20(26)27/h4-6,9,11,14-15,17,22H,2-3,7-8,10H2,1H3,(H,21,25)(H,23,24)(H,26,27)/t14-,15-,17+/m1/s1. The zero-order chi connectivity index (χ0) is 19.4. The minimum atomic E-state index is -0.942. The van der Waals surface area contributed by atoms with E-state index < -0.39 is 23.8 Å². The number of hydrogen-bond donors (Lipinski definition) is 4. The van der Waals surface area contributed by atoms with Crippen molar-refractivity contribution >= 4 is 28.7 Å². The van der Waals surface area contributed by atoms with Gasteiger partial charge in [-0.15, -0.1) is 0 Å². The normalized spacial score (nSPS) is 20.8. The highest BCUT2D eigenvalue weighted by Gasteiger charge is 2.37. The highest BCUT2D eigenvalue weighted by atomic mass is 16.4. The van der Waals surface area contributed by atoms with Crippen LogP contribution in [0.15, 0.2) is 30.5 Å². The molecule has 2 aromatic rings. The molecule has 4 N–H and O–H groups in total. The predicted molar refractivity (Wildman–Crippen MR) is 101 cm³/mol. The van der Waals surface area contributed by atoms with E-state index in [0.717, 1.165) is 29.3 Å². The molecule has 0 unspecified atom stereocenters. The third kappa shape index (κ3) is 4.13. The number of fused-ring (bicyclic) bond motifs is 1. The topological polar surface area (TPSA) is 111 Å². The number of aromatic nitrogens is 1. The lowest BCUT2D eigenvalue weighted by molar-refractivity contribution is -0.149. The lowest BCUT2D eigenvalue weighted by Crippen LogP contribution is -2.50. The Morgan fingerprint density at radius 1 is 1.19 bits per heavy atom. The number of carbonyl (C=O) groups is 3. The molecule has 1 aliphatic carbocycles. The van der Waals surface area contributed by atoms with Gasteiger partial charge in [0.2, 0.25) is 11.8 Å². The van der Waals surface area contributed by atoms with E-state index in [0.29, 0.717) is 19.3 Å². The van der Waals surface area contributed by atoms with Gasteiger partial charge in [0.05, 0.1) is 11.8 Å². The molecular weight excluding hydrogens is 346 g/mol. The van der Waals surface area contributed by atoms with Crippen molar-refractivity contribution in [2.45, 2.75) is 38.1 Å². The van der Waals surface area contributed by atoms with Crippen molar-refractivity contribution < 1.29 is 19.5 Å². The molecule has 0 aliphatic heterocycles. The number of likely N-dealkylation sites (N-methyl/N-ethyl adjacent to an activating group) is 1. The average Bonchev–Trinajstić information content (AvgIpc) is 3.09. The van der Waals surface area contributed by atoms with Crippen molar-refractivity contribution in [3.63, 3.8) is 0 Å². The monoisotopic (exact) mass is 371 g/mol. The zero-order valence-corrected chi connectivity index (χ0v) is 15.3. The molecule has 3 rings (SSSR count). The van der Waals surface area contributed by atoms with Gasteiger partial charge in [0.15, 0.2) is 0 Å². The van der Waals surface area contributed by atoms with Gasteiger partial charge in [-0.25, -0.2) is 0 Å². The molecule has 1 saturated carbocycles. The molecule has 1 fully saturated rings.